The lowest BCUT2D eigenvalue weighted by Crippen LogP contribution is -2.48. The number of carbonyl (C=O) groups excluding carboxylic acids is 1. The number of carbonyl (C=O) groups is 1. The number of nitrogens with one attached hydrogen (secondary N) is 1. The van der Waals surface area contributed by atoms with Crippen LogP contribution >= 0.6 is 11.6 Å². The van der Waals surface area contributed by atoms with E-state index >= 15 is 0 Å². The maximum atomic E-state index is 13.1. The molecule has 1 fully saturated rings. The van der Waals surface area contributed by atoms with Gasteiger partial charge >= 0.3 is 0 Å². The summed E-state index contributed by atoms with van der Waals surface area (Å²) in [6.45, 7) is 0. The molecule has 3 rings (SSSR count). The zero-order chi connectivity index (χ0) is 17.1. The van der Waals surface area contributed by atoms with Crippen molar-refractivity contribution in [2.24, 2.45) is 5.92 Å². The number of halogens is 2. The molecule has 1 aromatic heterocycles. The van der Waals surface area contributed by atoms with Crippen LogP contribution < -0.4 is 5.32 Å². The lowest BCUT2D eigenvalue weighted by molar-refractivity contribution is 0.0239. The van der Waals surface area contributed by atoms with Crippen LogP contribution in [-0.4, -0.2) is 28.1 Å². The second-order valence-electron chi connectivity index (χ2n) is 6.15. The Kier molecular flexibility index (Phi) is 5.11. The van der Waals surface area contributed by atoms with E-state index in [0.717, 1.165) is 11.6 Å². The van der Waals surface area contributed by atoms with Crippen molar-refractivity contribution in [2.45, 2.75) is 31.4 Å². The molecule has 126 valence electrons. The van der Waals surface area contributed by atoms with Gasteiger partial charge in [0.1, 0.15) is 5.82 Å². The summed E-state index contributed by atoms with van der Waals surface area (Å²) in [5, 5.41) is 12.6. The van der Waals surface area contributed by atoms with E-state index in [1.165, 1.54) is 12.1 Å². The summed E-state index contributed by atoms with van der Waals surface area (Å²) >= 11 is 5.97. The standard InChI is InChI=1S/C18H18ClFN2O2/c19-16-10-13(20)1-2-15(16)18(24)22-17(12-8-14(23)9-12)7-11-3-5-21-6-4-11/h1-6,10,12,14,17,23H,7-9H2,(H,22,24)/t12?,14?,17-/m1/s1. The zero-order valence-electron chi connectivity index (χ0n) is 13.0. The van der Waals surface area contributed by atoms with Crippen LogP contribution in [0.25, 0.3) is 0 Å². The molecule has 6 heteroatoms. The van der Waals surface area contributed by atoms with Gasteiger partial charge in [0.2, 0.25) is 0 Å². The smallest absolute Gasteiger partial charge is 0.253 e. The number of hydrogen-bond acceptors (Lipinski definition) is 3. The highest BCUT2D eigenvalue weighted by atomic mass is 35.5. The molecule has 0 unspecified atom stereocenters. The third kappa shape index (κ3) is 3.91. The van der Waals surface area contributed by atoms with Gasteiger partial charge in [-0.3, -0.25) is 9.78 Å². The molecule has 1 aromatic carbocycles. The first-order chi connectivity index (χ1) is 11.5. The molecule has 1 atom stereocenters. The summed E-state index contributed by atoms with van der Waals surface area (Å²) in [6.07, 6.45) is 5.08. The minimum Gasteiger partial charge on any atom is -0.393 e. The minimum atomic E-state index is -0.480. The van der Waals surface area contributed by atoms with E-state index in [1.807, 2.05) is 12.1 Å². The van der Waals surface area contributed by atoms with Crippen molar-refractivity contribution in [3.8, 4) is 0 Å². The molecule has 0 radical (unpaired) electrons. The monoisotopic (exact) mass is 348 g/mol. The van der Waals surface area contributed by atoms with Crippen LogP contribution in [0.4, 0.5) is 4.39 Å². The Hall–Kier alpha value is -1.98. The van der Waals surface area contributed by atoms with Crippen LogP contribution in [0.3, 0.4) is 0 Å². The fraction of sp³-hybridized carbons (Fsp3) is 0.333. The Morgan fingerprint density at radius 3 is 2.67 bits per heavy atom. The fourth-order valence-corrected chi connectivity index (χ4v) is 3.24. The van der Waals surface area contributed by atoms with E-state index in [2.05, 4.69) is 10.3 Å². The Labute approximate surface area is 144 Å². The molecule has 1 aliphatic carbocycles. The topological polar surface area (TPSA) is 62.2 Å². The summed E-state index contributed by atoms with van der Waals surface area (Å²) in [5.74, 6) is -0.608. The van der Waals surface area contributed by atoms with E-state index in [0.29, 0.717) is 19.3 Å². The largest absolute Gasteiger partial charge is 0.393 e. The lowest BCUT2D eigenvalue weighted by atomic mass is 9.75. The molecule has 1 aliphatic rings. The molecule has 0 saturated heterocycles. The molecule has 2 aromatic rings. The molecular formula is C18H18ClFN2O2. The number of amides is 1. The van der Waals surface area contributed by atoms with Crippen LogP contribution in [0.1, 0.15) is 28.8 Å². The van der Waals surface area contributed by atoms with Gasteiger partial charge in [-0.05, 0) is 61.1 Å². The fourth-order valence-electron chi connectivity index (χ4n) is 2.99. The highest BCUT2D eigenvalue weighted by Gasteiger charge is 2.35. The number of aliphatic hydroxyl groups is 1. The molecule has 4 nitrogen and oxygen atoms in total. The van der Waals surface area contributed by atoms with E-state index in [-0.39, 0.29) is 34.6 Å². The van der Waals surface area contributed by atoms with Crippen molar-refractivity contribution >= 4 is 17.5 Å². The maximum absolute atomic E-state index is 13.1. The summed E-state index contributed by atoms with van der Waals surface area (Å²) in [6, 6.07) is 7.40. The van der Waals surface area contributed by atoms with Crippen molar-refractivity contribution in [1.29, 1.82) is 0 Å². The van der Waals surface area contributed by atoms with Gasteiger partial charge in [-0.25, -0.2) is 4.39 Å². The van der Waals surface area contributed by atoms with Gasteiger partial charge in [0.05, 0.1) is 16.7 Å². The van der Waals surface area contributed by atoms with Gasteiger partial charge in [-0.15, -0.1) is 0 Å². The van der Waals surface area contributed by atoms with Crippen molar-refractivity contribution < 1.29 is 14.3 Å². The van der Waals surface area contributed by atoms with Crippen LogP contribution in [0.15, 0.2) is 42.7 Å². The highest BCUT2D eigenvalue weighted by molar-refractivity contribution is 6.33. The molecular weight excluding hydrogens is 331 g/mol. The normalized spacial score (nSPS) is 21.0. The van der Waals surface area contributed by atoms with Gasteiger partial charge in [-0.2, -0.15) is 0 Å². The van der Waals surface area contributed by atoms with Gasteiger partial charge in [0.15, 0.2) is 0 Å². The second kappa shape index (κ2) is 7.28. The number of aromatic nitrogens is 1. The van der Waals surface area contributed by atoms with Crippen LogP contribution in [0.5, 0.6) is 0 Å². The van der Waals surface area contributed by atoms with Gasteiger partial charge in [0.25, 0.3) is 5.91 Å². The Morgan fingerprint density at radius 1 is 1.33 bits per heavy atom. The van der Waals surface area contributed by atoms with Gasteiger partial charge in [-0.1, -0.05) is 11.6 Å². The second-order valence-corrected chi connectivity index (χ2v) is 6.56. The third-order valence-corrected chi connectivity index (χ3v) is 4.73. The van der Waals surface area contributed by atoms with Crippen LogP contribution in [0.2, 0.25) is 5.02 Å². The first-order valence-corrected chi connectivity index (χ1v) is 8.23. The molecule has 0 bridgehead atoms. The molecule has 1 amide bonds. The number of nitrogens with zero attached hydrogens (tertiary/aromatic N) is 1. The molecule has 1 saturated carbocycles. The molecule has 24 heavy (non-hydrogen) atoms. The Balaban J connectivity index is 1.74. The zero-order valence-corrected chi connectivity index (χ0v) is 13.7. The summed E-state index contributed by atoms with van der Waals surface area (Å²) < 4.78 is 13.1. The summed E-state index contributed by atoms with van der Waals surface area (Å²) in [4.78, 5) is 16.5. The average molecular weight is 349 g/mol. The van der Waals surface area contributed by atoms with Gasteiger partial charge < -0.3 is 10.4 Å². The predicted octanol–water partition coefficient (Wildman–Crippen LogP) is 2.99. The van der Waals surface area contributed by atoms with E-state index in [4.69, 9.17) is 11.6 Å². The summed E-state index contributed by atoms with van der Waals surface area (Å²) in [5.41, 5.74) is 1.31. The minimum absolute atomic E-state index is 0.0869. The van der Waals surface area contributed by atoms with Crippen molar-refractivity contribution in [3.63, 3.8) is 0 Å². The number of aliphatic hydroxyl groups excluding tert-OH is 1. The number of pyridine rings is 1. The third-order valence-electron chi connectivity index (χ3n) is 4.42. The predicted molar refractivity (Wildman–Crippen MR) is 89.3 cm³/mol. The van der Waals surface area contributed by atoms with Crippen LogP contribution in [0, 0.1) is 11.7 Å². The van der Waals surface area contributed by atoms with Crippen molar-refractivity contribution in [2.75, 3.05) is 0 Å². The quantitative estimate of drug-likeness (QED) is 0.873. The van der Waals surface area contributed by atoms with Crippen molar-refractivity contribution in [3.05, 3.63) is 64.7 Å². The van der Waals surface area contributed by atoms with Gasteiger partial charge in [0, 0.05) is 18.4 Å². The highest BCUT2D eigenvalue weighted by Crippen LogP contribution is 2.32. The van der Waals surface area contributed by atoms with Crippen molar-refractivity contribution in [1.82, 2.24) is 10.3 Å². The molecule has 2 N–H and O–H groups in total. The van der Waals surface area contributed by atoms with Crippen LogP contribution in [-0.2, 0) is 6.42 Å². The number of rotatable bonds is 5. The maximum Gasteiger partial charge on any atom is 0.253 e. The summed E-state index contributed by atoms with van der Waals surface area (Å²) in [7, 11) is 0. The molecule has 0 aliphatic heterocycles. The van der Waals surface area contributed by atoms with E-state index < -0.39 is 5.82 Å². The van der Waals surface area contributed by atoms with E-state index in [1.54, 1.807) is 12.4 Å². The number of hydrogen-bond donors (Lipinski definition) is 2. The first kappa shape index (κ1) is 16.9. The van der Waals surface area contributed by atoms with E-state index in [9.17, 15) is 14.3 Å². The molecule has 1 heterocycles. The average Bonchev–Trinajstić information content (AvgIpc) is 2.52. The number of benzene rings is 1. The molecule has 0 spiro atoms. The lowest BCUT2D eigenvalue weighted by Gasteiger charge is -2.38. The Morgan fingerprint density at radius 2 is 2.04 bits per heavy atom. The SMILES string of the molecule is O=C(N[C@H](Cc1ccncc1)C1CC(O)C1)c1ccc(F)cc1Cl. The Bertz CT molecular complexity index is 720. The first-order valence-electron chi connectivity index (χ1n) is 7.86.